The zero-order valence-electron chi connectivity index (χ0n) is 13.7. The molecule has 0 unspecified atom stereocenters. The fraction of sp³-hybridized carbons (Fsp3) is 0.588. The second kappa shape index (κ2) is 5.51. The molecule has 23 heavy (non-hydrogen) atoms. The highest BCUT2D eigenvalue weighted by molar-refractivity contribution is 5.83. The second-order valence-electron chi connectivity index (χ2n) is 6.86. The molecule has 1 saturated heterocycles. The number of hydrogen-bond donors (Lipinski definition) is 0. The van der Waals surface area contributed by atoms with Crippen LogP contribution in [-0.4, -0.2) is 43.2 Å². The standard InChI is InChI=1S/C17H23N5O/c1-12-18-5-7-22(12)14-4-3-6-21(11-14)17(23)16-8-15(16)13-9-19-20(2)10-13/h5,7,9-10,14-16H,3-4,6,8,11H2,1-2H3/t14-,15-,16-/m1/s1. The summed E-state index contributed by atoms with van der Waals surface area (Å²) < 4.78 is 4.03. The Kier molecular flexibility index (Phi) is 3.47. The van der Waals surface area contributed by atoms with Crippen molar-refractivity contribution >= 4 is 5.91 Å². The zero-order valence-corrected chi connectivity index (χ0v) is 13.7. The highest BCUT2D eigenvalue weighted by Crippen LogP contribution is 2.48. The van der Waals surface area contributed by atoms with Gasteiger partial charge in [-0.2, -0.15) is 5.10 Å². The number of imidazole rings is 1. The number of nitrogens with zero attached hydrogens (tertiary/aromatic N) is 5. The molecule has 6 nitrogen and oxygen atoms in total. The molecule has 4 rings (SSSR count). The van der Waals surface area contributed by atoms with Crippen LogP contribution in [0.3, 0.4) is 0 Å². The van der Waals surface area contributed by atoms with E-state index >= 15 is 0 Å². The van der Waals surface area contributed by atoms with Crippen LogP contribution in [0.2, 0.25) is 0 Å². The Morgan fingerprint density at radius 3 is 2.96 bits per heavy atom. The summed E-state index contributed by atoms with van der Waals surface area (Å²) in [6.07, 6.45) is 11.0. The van der Waals surface area contributed by atoms with Gasteiger partial charge in [0.15, 0.2) is 0 Å². The molecule has 0 aromatic carbocycles. The highest BCUT2D eigenvalue weighted by Gasteiger charge is 2.46. The van der Waals surface area contributed by atoms with Crippen LogP contribution in [0.1, 0.15) is 42.6 Å². The van der Waals surface area contributed by atoms with Crippen molar-refractivity contribution in [2.24, 2.45) is 13.0 Å². The summed E-state index contributed by atoms with van der Waals surface area (Å²) in [6.45, 7) is 3.73. The summed E-state index contributed by atoms with van der Waals surface area (Å²) in [7, 11) is 1.92. The molecule has 122 valence electrons. The molecule has 0 N–H and O–H groups in total. The van der Waals surface area contributed by atoms with E-state index in [4.69, 9.17) is 0 Å². The largest absolute Gasteiger partial charge is 0.340 e. The van der Waals surface area contributed by atoms with Gasteiger partial charge in [-0.25, -0.2) is 4.98 Å². The Balaban J connectivity index is 1.42. The lowest BCUT2D eigenvalue weighted by Crippen LogP contribution is -2.41. The highest BCUT2D eigenvalue weighted by atomic mass is 16.2. The molecule has 1 saturated carbocycles. The molecule has 0 radical (unpaired) electrons. The van der Waals surface area contributed by atoms with Gasteiger partial charge in [0, 0.05) is 44.6 Å². The van der Waals surface area contributed by atoms with Crippen LogP contribution in [0.15, 0.2) is 24.8 Å². The van der Waals surface area contributed by atoms with Crippen LogP contribution in [0.5, 0.6) is 0 Å². The molecule has 2 aromatic heterocycles. The van der Waals surface area contributed by atoms with Gasteiger partial charge in [-0.05, 0) is 37.7 Å². The van der Waals surface area contributed by atoms with E-state index in [9.17, 15) is 4.79 Å². The summed E-state index contributed by atoms with van der Waals surface area (Å²) in [4.78, 5) is 19.2. The topological polar surface area (TPSA) is 56.0 Å². The Labute approximate surface area is 136 Å². The zero-order chi connectivity index (χ0) is 16.0. The van der Waals surface area contributed by atoms with Gasteiger partial charge in [0.05, 0.1) is 12.2 Å². The first-order valence-corrected chi connectivity index (χ1v) is 8.40. The van der Waals surface area contributed by atoms with Gasteiger partial charge in [0.2, 0.25) is 5.91 Å². The van der Waals surface area contributed by atoms with Crippen LogP contribution < -0.4 is 0 Å². The fourth-order valence-corrected chi connectivity index (χ4v) is 3.86. The van der Waals surface area contributed by atoms with E-state index in [1.165, 1.54) is 5.56 Å². The number of aromatic nitrogens is 4. The molecule has 6 heteroatoms. The predicted octanol–water partition coefficient (Wildman–Crippen LogP) is 1.89. The lowest BCUT2D eigenvalue weighted by Gasteiger charge is -2.34. The molecule has 0 bridgehead atoms. The first-order chi connectivity index (χ1) is 11.1. The summed E-state index contributed by atoms with van der Waals surface area (Å²) in [5.41, 5.74) is 1.20. The minimum Gasteiger partial charge on any atom is -0.340 e. The molecule has 1 aliphatic heterocycles. The average Bonchev–Trinajstić information content (AvgIpc) is 3.05. The molecule has 2 fully saturated rings. The summed E-state index contributed by atoms with van der Waals surface area (Å²) in [6, 6.07) is 0.366. The van der Waals surface area contributed by atoms with Crippen molar-refractivity contribution in [3.05, 3.63) is 36.2 Å². The third-order valence-corrected chi connectivity index (χ3v) is 5.22. The third kappa shape index (κ3) is 2.66. The van der Waals surface area contributed by atoms with Gasteiger partial charge >= 0.3 is 0 Å². The number of aryl methyl sites for hydroxylation is 2. The van der Waals surface area contributed by atoms with E-state index in [0.717, 1.165) is 38.2 Å². The lowest BCUT2D eigenvalue weighted by atomic mass is 10.0. The lowest BCUT2D eigenvalue weighted by molar-refractivity contribution is -0.134. The fourth-order valence-electron chi connectivity index (χ4n) is 3.86. The average molecular weight is 313 g/mol. The van der Waals surface area contributed by atoms with Crippen molar-refractivity contribution < 1.29 is 4.79 Å². The Morgan fingerprint density at radius 2 is 2.26 bits per heavy atom. The van der Waals surface area contributed by atoms with E-state index in [-0.39, 0.29) is 5.92 Å². The summed E-state index contributed by atoms with van der Waals surface area (Å²) >= 11 is 0. The number of rotatable bonds is 3. The van der Waals surface area contributed by atoms with Crippen molar-refractivity contribution in [1.29, 1.82) is 0 Å². The Bertz CT molecular complexity index is 718. The van der Waals surface area contributed by atoms with Gasteiger partial charge < -0.3 is 9.47 Å². The molecule has 3 atom stereocenters. The van der Waals surface area contributed by atoms with E-state index in [1.54, 1.807) is 0 Å². The molecule has 3 heterocycles. The number of likely N-dealkylation sites (tertiary alicyclic amines) is 1. The Morgan fingerprint density at radius 1 is 1.39 bits per heavy atom. The number of carbonyl (C=O) groups is 1. The summed E-state index contributed by atoms with van der Waals surface area (Å²) in [5.74, 6) is 1.87. The van der Waals surface area contributed by atoms with E-state index in [1.807, 2.05) is 43.4 Å². The maximum atomic E-state index is 12.8. The monoisotopic (exact) mass is 313 g/mol. The van der Waals surface area contributed by atoms with Crippen LogP contribution >= 0.6 is 0 Å². The van der Waals surface area contributed by atoms with Crippen molar-refractivity contribution in [3.8, 4) is 0 Å². The minimum atomic E-state index is 0.154. The molecule has 2 aromatic rings. The molecular weight excluding hydrogens is 290 g/mol. The number of amides is 1. The van der Waals surface area contributed by atoms with Crippen molar-refractivity contribution in [1.82, 2.24) is 24.2 Å². The van der Waals surface area contributed by atoms with Crippen molar-refractivity contribution in [2.75, 3.05) is 13.1 Å². The molecular formula is C17H23N5O. The molecule has 1 aliphatic carbocycles. The minimum absolute atomic E-state index is 0.154. The Hall–Kier alpha value is -2.11. The van der Waals surface area contributed by atoms with Gasteiger partial charge in [0.25, 0.3) is 0 Å². The van der Waals surface area contributed by atoms with Gasteiger partial charge in [-0.1, -0.05) is 0 Å². The van der Waals surface area contributed by atoms with Crippen LogP contribution in [0, 0.1) is 12.8 Å². The summed E-state index contributed by atoms with van der Waals surface area (Å²) in [5, 5.41) is 4.22. The third-order valence-electron chi connectivity index (χ3n) is 5.22. The van der Waals surface area contributed by atoms with Gasteiger partial charge in [0.1, 0.15) is 5.82 Å². The normalized spacial score (nSPS) is 27.2. The maximum absolute atomic E-state index is 12.8. The van der Waals surface area contributed by atoms with Crippen molar-refractivity contribution in [3.63, 3.8) is 0 Å². The quantitative estimate of drug-likeness (QED) is 0.869. The van der Waals surface area contributed by atoms with Crippen LogP contribution in [0.4, 0.5) is 0 Å². The van der Waals surface area contributed by atoms with E-state index in [2.05, 4.69) is 19.5 Å². The molecule has 1 amide bonds. The van der Waals surface area contributed by atoms with Crippen LogP contribution in [-0.2, 0) is 11.8 Å². The van der Waals surface area contributed by atoms with Crippen molar-refractivity contribution in [2.45, 2.75) is 38.1 Å². The first kappa shape index (κ1) is 14.5. The number of carbonyl (C=O) groups excluding carboxylic acids is 1. The second-order valence-corrected chi connectivity index (χ2v) is 6.86. The smallest absolute Gasteiger partial charge is 0.226 e. The van der Waals surface area contributed by atoms with Gasteiger partial charge in [-0.3, -0.25) is 9.48 Å². The van der Waals surface area contributed by atoms with Gasteiger partial charge in [-0.15, -0.1) is 0 Å². The van der Waals surface area contributed by atoms with E-state index < -0.39 is 0 Å². The molecule has 2 aliphatic rings. The molecule has 0 spiro atoms. The van der Waals surface area contributed by atoms with Crippen LogP contribution in [0.25, 0.3) is 0 Å². The number of hydrogen-bond acceptors (Lipinski definition) is 3. The first-order valence-electron chi connectivity index (χ1n) is 8.40. The SMILES string of the molecule is Cc1nccn1[C@@H]1CCCN(C(=O)[C@@H]2C[C@@H]2c2cnn(C)c2)C1. The maximum Gasteiger partial charge on any atom is 0.226 e. The van der Waals surface area contributed by atoms with E-state index in [0.29, 0.717) is 17.9 Å². The predicted molar refractivity (Wildman–Crippen MR) is 85.9 cm³/mol. The number of piperidine rings is 1.